The van der Waals surface area contributed by atoms with Crippen LogP contribution in [-0.2, 0) is 20.9 Å². The Bertz CT molecular complexity index is 502. The highest BCUT2D eigenvalue weighted by molar-refractivity contribution is 5.87. The topological polar surface area (TPSA) is 81.4 Å². The molecule has 0 spiro atoms. The van der Waals surface area contributed by atoms with Crippen LogP contribution in [0.4, 0.5) is 0 Å². The predicted octanol–water partition coefficient (Wildman–Crippen LogP) is 2.24. The van der Waals surface area contributed by atoms with Crippen molar-refractivity contribution in [3.05, 3.63) is 35.9 Å². The molecule has 0 heterocycles. The molecule has 5 nitrogen and oxygen atoms in total. The van der Waals surface area contributed by atoms with Gasteiger partial charge < -0.3 is 15.8 Å². The van der Waals surface area contributed by atoms with E-state index in [-0.39, 0.29) is 24.3 Å². The van der Waals surface area contributed by atoms with Gasteiger partial charge in [-0.05, 0) is 17.4 Å². The van der Waals surface area contributed by atoms with Crippen molar-refractivity contribution in [2.24, 2.45) is 17.6 Å². The van der Waals surface area contributed by atoms with Crippen molar-refractivity contribution >= 4 is 11.9 Å². The molecule has 3 N–H and O–H groups in total. The van der Waals surface area contributed by atoms with Gasteiger partial charge >= 0.3 is 5.97 Å². The average molecular weight is 320 g/mol. The number of hydrogen-bond donors (Lipinski definition) is 2. The monoisotopic (exact) mass is 320 g/mol. The molecule has 23 heavy (non-hydrogen) atoms. The molecule has 0 saturated heterocycles. The Labute approximate surface area is 138 Å². The van der Waals surface area contributed by atoms with E-state index in [9.17, 15) is 9.59 Å². The molecule has 1 rings (SSSR count). The van der Waals surface area contributed by atoms with Crippen LogP contribution in [0.15, 0.2) is 30.3 Å². The molecule has 0 radical (unpaired) electrons. The van der Waals surface area contributed by atoms with E-state index in [4.69, 9.17) is 10.5 Å². The van der Waals surface area contributed by atoms with Crippen LogP contribution in [0.25, 0.3) is 0 Å². The molecule has 1 aromatic rings. The van der Waals surface area contributed by atoms with Gasteiger partial charge in [0.05, 0.1) is 6.04 Å². The van der Waals surface area contributed by atoms with Crippen LogP contribution >= 0.6 is 0 Å². The van der Waals surface area contributed by atoms with E-state index in [1.807, 2.05) is 58.0 Å². The molecule has 0 aliphatic heterocycles. The van der Waals surface area contributed by atoms with E-state index in [1.165, 1.54) is 0 Å². The Morgan fingerprint density at radius 3 is 2.30 bits per heavy atom. The van der Waals surface area contributed by atoms with E-state index in [1.54, 1.807) is 0 Å². The predicted molar refractivity (Wildman–Crippen MR) is 90.4 cm³/mol. The van der Waals surface area contributed by atoms with Gasteiger partial charge in [-0.15, -0.1) is 0 Å². The number of carbonyl (C=O) groups excluding carboxylic acids is 2. The normalized spacial score (nSPS) is 14.9. The lowest BCUT2D eigenvalue weighted by molar-refractivity contribution is -0.150. The minimum Gasteiger partial charge on any atom is -0.459 e. The summed E-state index contributed by atoms with van der Waals surface area (Å²) in [6, 6.07) is 8.12. The number of hydrogen-bond acceptors (Lipinski definition) is 4. The summed E-state index contributed by atoms with van der Waals surface area (Å²) in [5, 5.41) is 2.73. The highest BCUT2D eigenvalue weighted by Crippen LogP contribution is 2.10. The van der Waals surface area contributed by atoms with Crippen molar-refractivity contribution in [2.75, 3.05) is 0 Å². The van der Waals surface area contributed by atoms with Crippen LogP contribution < -0.4 is 11.1 Å². The highest BCUT2D eigenvalue weighted by atomic mass is 16.5. The zero-order valence-corrected chi connectivity index (χ0v) is 14.4. The van der Waals surface area contributed by atoms with Crippen LogP contribution in [0.3, 0.4) is 0 Å². The zero-order chi connectivity index (χ0) is 17.4. The maximum absolute atomic E-state index is 12.3. The highest BCUT2D eigenvalue weighted by Gasteiger charge is 2.29. The fourth-order valence-electron chi connectivity index (χ4n) is 2.08. The molecule has 0 aromatic heterocycles. The first kappa shape index (κ1) is 19.2. The molecule has 0 aliphatic carbocycles. The first-order chi connectivity index (χ1) is 10.9. The number of ether oxygens (including phenoxy) is 1. The third kappa shape index (κ3) is 6.02. The maximum atomic E-state index is 12.3. The summed E-state index contributed by atoms with van der Waals surface area (Å²) < 4.78 is 5.32. The molecule has 5 heteroatoms. The molecule has 128 valence electrons. The third-order valence-electron chi connectivity index (χ3n) is 4.00. The van der Waals surface area contributed by atoms with E-state index in [0.29, 0.717) is 0 Å². The number of rotatable bonds is 8. The van der Waals surface area contributed by atoms with Gasteiger partial charge in [0.2, 0.25) is 5.91 Å². The molecule has 1 aromatic carbocycles. The van der Waals surface area contributed by atoms with Gasteiger partial charge in [0.15, 0.2) is 0 Å². The maximum Gasteiger partial charge on any atom is 0.329 e. The Balaban J connectivity index is 2.63. The Morgan fingerprint density at radius 1 is 1.17 bits per heavy atom. The van der Waals surface area contributed by atoms with E-state index in [2.05, 4.69) is 5.32 Å². The summed E-state index contributed by atoms with van der Waals surface area (Å²) >= 11 is 0. The minimum atomic E-state index is -0.693. The van der Waals surface area contributed by atoms with E-state index >= 15 is 0 Å². The van der Waals surface area contributed by atoms with Gasteiger partial charge in [0.1, 0.15) is 12.6 Å². The van der Waals surface area contributed by atoms with Crippen LogP contribution in [0.1, 0.15) is 39.7 Å². The van der Waals surface area contributed by atoms with E-state index in [0.717, 1.165) is 12.0 Å². The van der Waals surface area contributed by atoms with Gasteiger partial charge in [-0.25, -0.2) is 4.79 Å². The lowest BCUT2D eigenvalue weighted by Gasteiger charge is -2.24. The summed E-state index contributed by atoms with van der Waals surface area (Å²) in [4.78, 5) is 24.5. The Hall–Kier alpha value is -1.88. The molecular weight excluding hydrogens is 292 g/mol. The first-order valence-electron chi connectivity index (χ1n) is 8.13. The SMILES string of the molecule is CC[C@H](C)[C@H](N)C(=O)N[C@H](C(=O)OCc1ccccc1)C(C)C. The molecule has 0 bridgehead atoms. The number of amides is 1. The fourth-order valence-corrected chi connectivity index (χ4v) is 2.08. The lowest BCUT2D eigenvalue weighted by atomic mass is 9.98. The number of benzene rings is 1. The summed E-state index contributed by atoms with van der Waals surface area (Å²) in [7, 11) is 0. The fraction of sp³-hybridized carbons (Fsp3) is 0.556. The van der Waals surface area contributed by atoms with Crippen molar-refractivity contribution < 1.29 is 14.3 Å². The van der Waals surface area contributed by atoms with Crippen LogP contribution in [-0.4, -0.2) is 24.0 Å². The standard InChI is InChI=1S/C18H28N2O3/c1-5-13(4)15(19)17(21)20-16(12(2)3)18(22)23-11-14-9-7-6-8-10-14/h6-10,12-13,15-16H,5,11,19H2,1-4H3,(H,20,21)/t13-,15-,16-/m0/s1. The van der Waals surface area contributed by atoms with E-state index < -0.39 is 18.1 Å². The Kier molecular flexibility index (Phi) is 7.75. The largest absolute Gasteiger partial charge is 0.459 e. The van der Waals surface area contributed by atoms with Gasteiger partial charge in [0, 0.05) is 0 Å². The molecule has 1 amide bonds. The summed E-state index contributed by atoms with van der Waals surface area (Å²) in [5.41, 5.74) is 6.83. The van der Waals surface area contributed by atoms with Gasteiger partial charge in [-0.3, -0.25) is 4.79 Å². The van der Waals surface area contributed by atoms with Crippen LogP contribution in [0, 0.1) is 11.8 Å². The van der Waals surface area contributed by atoms with Crippen molar-refractivity contribution in [3.63, 3.8) is 0 Å². The second-order valence-corrected chi connectivity index (χ2v) is 6.23. The van der Waals surface area contributed by atoms with Crippen LogP contribution in [0.5, 0.6) is 0 Å². The van der Waals surface area contributed by atoms with Crippen LogP contribution in [0.2, 0.25) is 0 Å². The molecule has 0 saturated carbocycles. The Morgan fingerprint density at radius 2 is 1.78 bits per heavy atom. The summed E-state index contributed by atoms with van der Waals surface area (Å²) in [6.07, 6.45) is 0.805. The smallest absolute Gasteiger partial charge is 0.329 e. The zero-order valence-electron chi connectivity index (χ0n) is 14.4. The van der Waals surface area contributed by atoms with Crippen molar-refractivity contribution in [1.29, 1.82) is 0 Å². The average Bonchev–Trinajstić information content (AvgIpc) is 2.56. The number of esters is 1. The van der Waals surface area contributed by atoms with Crippen molar-refractivity contribution in [2.45, 2.75) is 52.8 Å². The molecule has 0 fully saturated rings. The summed E-state index contributed by atoms with van der Waals surface area (Å²) in [5.74, 6) is -0.766. The second kappa shape index (κ2) is 9.30. The van der Waals surface area contributed by atoms with Crippen molar-refractivity contribution in [3.8, 4) is 0 Å². The lowest BCUT2D eigenvalue weighted by Crippen LogP contribution is -2.52. The molecule has 0 aliphatic rings. The van der Waals surface area contributed by atoms with Gasteiger partial charge in [-0.1, -0.05) is 64.4 Å². The molecule has 3 atom stereocenters. The van der Waals surface area contributed by atoms with Gasteiger partial charge in [0.25, 0.3) is 0 Å². The van der Waals surface area contributed by atoms with Crippen molar-refractivity contribution in [1.82, 2.24) is 5.32 Å². The minimum absolute atomic E-state index is 0.0585. The number of nitrogens with one attached hydrogen (secondary N) is 1. The quantitative estimate of drug-likeness (QED) is 0.720. The number of nitrogens with two attached hydrogens (primary N) is 1. The third-order valence-corrected chi connectivity index (χ3v) is 4.00. The van der Waals surface area contributed by atoms with Gasteiger partial charge in [-0.2, -0.15) is 0 Å². The molecular formula is C18H28N2O3. The number of carbonyl (C=O) groups is 2. The second-order valence-electron chi connectivity index (χ2n) is 6.23. The summed E-state index contributed by atoms with van der Waals surface area (Å²) in [6.45, 7) is 7.82. The molecule has 0 unspecified atom stereocenters. The first-order valence-corrected chi connectivity index (χ1v) is 8.13.